The molecule has 0 atom stereocenters. The van der Waals surface area contributed by atoms with Gasteiger partial charge in [-0.25, -0.2) is 4.98 Å². The van der Waals surface area contributed by atoms with Gasteiger partial charge in [0.2, 0.25) is 0 Å². The maximum atomic E-state index is 12.8. The fourth-order valence-electron chi connectivity index (χ4n) is 3.22. The van der Waals surface area contributed by atoms with Gasteiger partial charge in [-0.15, -0.1) is 11.3 Å². The van der Waals surface area contributed by atoms with Gasteiger partial charge >= 0.3 is 0 Å². The van der Waals surface area contributed by atoms with Crippen LogP contribution >= 0.6 is 34.5 Å². The van der Waals surface area contributed by atoms with Gasteiger partial charge < -0.3 is 10.1 Å². The highest BCUT2D eigenvalue weighted by atomic mass is 35.5. The van der Waals surface area contributed by atoms with Gasteiger partial charge in [0.15, 0.2) is 5.75 Å². The lowest BCUT2D eigenvalue weighted by Crippen LogP contribution is -2.14. The number of ether oxygens (including phenoxy) is 1. The summed E-state index contributed by atoms with van der Waals surface area (Å²) in [6.45, 7) is 2.06. The van der Waals surface area contributed by atoms with Crippen molar-refractivity contribution < 1.29 is 9.53 Å². The van der Waals surface area contributed by atoms with Crippen molar-refractivity contribution in [2.45, 2.75) is 6.92 Å². The molecule has 1 heterocycles. The van der Waals surface area contributed by atoms with Gasteiger partial charge in [-0.05, 0) is 31.2 Å². The van der Waals surface area contributed by atoms with Gasteiger partial charge in [-0.1, -0.05) is 65.7 Å². The van der Waals surface area contributed by atoms with E-state index in [0.717, 1.165) is 26.7 Å². The number of nitrogens with one attached hydrogen (secondary N) is 1. The molecule has 1 N–H and O–H groups in total. The van der Waals surface area contributed by atoms with Crippen LogP contribution < -0.4 is 10.1 Å². The molecule has 0 spiro atoms. The number of aromatic nitrogens is 1. The zero-order valence-electron chi connectivity index (χ0n) is 16.8. The second kappa shape index (κ2) is 9.10. The summed E-state index contributed by atoms with van der Waals surface area (Å²) in [6, 6.07) is 20.8. The summed E-state index contributed by atoms with van der Waals surface area (Å²) >= 11 is 14.0. The summed E-state index contributed by atoms with van der Waals surface area (Å²) in [4.78, 5) is 18.7. The molecular formula is C24H18Cl2N2O2S. The summed E-state index contributed by atoms with van der Waals surface area (Å²) in [6.07, 6.45) is 0. The number of hydrogen-bond acceptors (Lipinski definition) is 4. The van der Waals surface area contributed by atoms with Crippen LogP contribution in [0.15, 0.2) is 66.7 Å². The number of halogens is 2. The molecule has 0 radical (unpaired) electrons. The predicted octanol–water partition coefficient (Wildman–Crippen LogP) is 7.35. The highest BCUT2D eigenvalue weighted by molar-refractivity contribution is 7.15. The number of hydrogen-bond donors (Lipinski definition) is 1. The minimum absolute atomic E-state index is 0.198. The third-order valence-corrected chi connectivity index (χ3v) is 6.36. The summed E-state index contributed by atoms with van der Waals surface area (Å²) < 4.78 is 5.26. The SMILES string of the molecule is COc1c(Cl)ccc(Cl)c1C(=O)Nc1ccc(-c2nc(-c3ccccc3)sc2C)cc1. The summed E-state index contributed by atoms with van der Waals surface area (Å²) in [7, 11) is 1.45. The van der Waals surface area contributed by atoms with Gasteiger partial charge in [0.1, 0.15) is 10.6 Å². The molecule has 3 aromatic carbocycles. The maximum Gasteiger partial charge on any atom is 0.261 e. The number of aryl methyl sites for hydroxylation is 1. The number of nitrogens with zero attached hydrogens (tertiary/aromatic N) is 1. The van der Waals surface area contributed by atoms with Crippen LogP contribution in [0, 0.1) is 6.92 Å². The van der Waals surface area contributed by atoms with Crippen LogP contribution in [0.25, 0.3) is 21.8 Å². The summed E-state index contributed by atoms with van der Waals surface area (Å²) in [5, 5.41) is 4.41. The summed E-state index contributed by atoms with van der Waals surface area (Å²) in [5.41, 5.74) is 3.83. The Labute approximate surface area is 194 Å². The minimum Gasteiger partial charge on any atom is -0.494 e. The Kier molecular flexibility index (Phi) is 6.28. The molecule has 0 aliphatic rings. The Morgan fingerprint density at radius 3 is 2.29 bits per heavy atom. The Hall–Kier alpha value is -2.86. The smallest absolute Gasteiger partial charge is 0.261 e. The molecule has 0 bridgehead atoms. The van der Waals surface area contributed by atoms with Crippen LogP contribution in [0.4, 0.5) is 5.69 Å². The molecule has 4 rings (SSSR count). The monoisotopic (exact) mass is 468 g/mol. The molecule has 156 valence electrons. The van der Waals surface area contributed by atoms with Gasteiger partial charge in [0, 0.05) is 21.7 Å². The van der Waals surface area contributed by atoms with E-state index >= 15 is 0 Å². The van der Waals surface area contributed by atoms with E-state index in [0.29, 0.717) is 10.7 Å². The summed E-state index contributed by atoms with van der Waals surface area (Å²) in [5.74, 6) is -0.150. The molecule has 31 heavy (non-hydrogen) atoms. The van der Waals surface area contributed by atoms with Crippen molar-refractivity contribution >= 4 is 46.1 Å². The highest BCUT2D eigenvalue weighted by Gasteiger charge is 2.20. The van der Waals surface area contributed by atoms with E-state index in [-0.39, 0.29) is 16.3 Å². The molecule has 1 amide bonds. The Balaban J connectivity index is 1.57. The minimum atomic E-state index is -0.395. The van der Waals surface area contributed by atoms with Crippen molar-refractivity contribution in [2.75, 3.05) is 12.4 Å². The van der Waals surface area contributed by atoms with E-state index in [4.69, 9.17) is 32.9 Å². The lowest BCUT2D eigenvalue weighted by atomic mass is 10.1. The number of methoxy groups -OCH3 is 1. The largest absolute Gasteiger partial charge is 0.494 e. The molecule has 0 fully saturated rings. The number of anilines is 1. The molecule has 7 heteroatoms. The first-order chi connectivity index (χ1) is 15.0. The molecule has 4 nitrogen and oxygen atoms in total. The van der Waals surface area contributed by atoms with Crippen molar-refractivity contribution in [3.8, 4) is 27.6 Å². The van der Waals surface area contributed by atoms with Crippen molar-refractivity contribution in [1.29, 1.82) is 0 Å². The van der Waals surface area contributed by atoms with E-state index in [1.54, 1.807) is 23.5 Å². The van der Waals surface area contributed by atoms with Crippen LogP contribution in [0.2, 0.25) is 10.0 Å². The molecule has 0 aliphatic heterocycles. The van der Waals surface area contributed by atoms with Crippen molar-refractivity contribution in [3.05, 3.63) is 87.2 Å². The third kappa shape index (κ3) is 4.44. The normalized spacial score (nSPS) is 10.7. The van der Waals surface area contributed by atoms with Crippen molar-refractivity contribution in [3.63, 3.8) is 0 Å². The fraction of sp³-hybridized carbons (Fsp3) is 0.0833. The molecule has 0 saturated carbocycles. The zero-order chi connectivity index (χ0) is 22.0. The molecule has 1 aromatic heterocycles. The quantitative estimate of drug-likeness (QED) is 0.332. The van der Waals surface area contributed by atoms with Gasteiger partial charge in [-0.3, -0.25) is 4.79 Å². The average molecular weight is 469 g/mol. The van der Waals surface area contributed by atoms with E-state index in [9.17, 15) is 4.79 Å². The van der Waals surface area contributed by atoms with Crippen LogP contribution in [0.3, 0.4) is 0 Å². The predicted molar refractivity (Wildman–Crippen MR) is 129 cm³/mol. The number of benzene rings is 3. The first-order valence-corrected chi connectivity index (χ1v) is 11.0. The number of carbonyl (C=O) groups is 1. The maximum absolute atomic E-state index is 12.8. The first-order valence-electron chi connectivity index (χ1n) is 9.44. The molecule has 4 aromatic rings. The van der Waals surface area contributed by atoms with Crippen molar-refractivity contribution in [1.82, 2.24) is 4.98 Å². The second-order valence-corrected chi connectivity index (χ2v) is 8.78. The lowest BCUT2D eigenvalue weighted by Gasteiger charge is -2.12. The Morgan fingerprint density at radius 1 is 0.935 bits per heavy atom. The van der Waals surface area contributed by atoms with E-state index in [2.05, 4.69) is 24.4 Å². The average Bonchev–Trinajstić information content (AvgIpc) is 3.17. The van der Waals surface area contributed by atoms with Gasteiger partial charge in [-0.2, -0.15) is 0 Å². The number of thiazole rings is 1. The van der Waals surface area contributed by atoms with Crippen LogP contribution in [-0.2, 0) is 0 Å². The third-order valence-electron chi connectivity index (χ3n) is 4.72. The topological polar surface area (TPSA) is 51.2 Å². The van der Waals surface area contributed by atoms with Crippen molar-refractivity contribution in [2.24, 2.45) is 0 Å². The highest BCUT2D eigenvalue weighted by Crippen LogP contribution is 2.35. The van der Waals surface area contributed by atoms with E-state index in [1.807, 2.05) is 42.5 Å². The molecular weight excluding hydrogens is 451 g/mol. The molecule has 0 saturated heterocycles. The standard InChI is InChI=1S/C24H18Cl2N2O2S/c1-14-21(28-24(31-14)16-6-4-3-5-7-16)15-8-10-17(11-9-15)27-23(29)20-18(25)12-13-19(26)22(20)30-2/h3-13H,1-2H3,(H,27,29). The van der Waals surface area contributed by atoms with E-state index in [1.165, 1.54) is 7.11 Å². The lowest BCUT2D eigenvalue weighted by molar-refractivity contribution is 0.102. The van der Waals surface area contributed by atoms with Crippen LogP contribution in [0.1, 0.15) is 15.2 Å². The first kappa shape index (κ1) is 21.4. The number of rotatable bonds is 5. The Bertz CT molecular complexity index is 1240. The number of amides is 1. The van der Waals surface area contributed by atoms with Crippen LogP contribution in [-0.4, -0.2) is 18.0 Å². The van der Waals surface area contributed by atoms with Crippen LogP contribution in [0.5, 0.6) is 5.75 Å². The Morgan fingerprint density at radius 2 is 1.61 bits per heavy atom. The zero-order valence-corrected chi connectivity index (χ0v) is 19.1. The number of carbonyl (C=O) groups excluding carboxylic acids is 1. The molecule has 0 unspecified atom stereocenters. The second-order valence-electron chi connectivity index (χ2n) is 6.76. The fourth-order valence-corrected chi connectivity index (χ4v) is 4.63. The van der Waals surface area contributed by atoms with Gasteiger partial charge in [0.25, 0.3) is 5.91 Å². The van der Waals surface area contributed by atoms with E-state index < -0.39 is 5.91 Å². The molecule has 0 aliphatic carbocycles. The van der Waals surface area contributed by atoms with Gasteiger partial charge in [0.05, 0.1) is 22.8 Å².